The minimum atomic E-state index is -4.43. The molecule has 0 aliphatic heterocycles. The third-order valence-corrected chi connectivity index (χ3v) is 5.72. The lowest BCUT2D eigenvalue weighted by Gasteiger charge is -2.19. The molecule has 0 fully saturated rings. The Morgan fingerprint density at radius 3 is 2.26 bits per heavy atom. The highest BCUT2D eigenvalue weighted by Crippen LogP contribution is 2.38. The number of benzene rings is 3. The van der Waals surface area contributed by atoms with E-state index in [2.05, 4.69) is 9.97 Å². The van der Waals surface area contributed by atoms with Crippen molar-refractivity contribution in [3.05, 3.63) is 109 Å². The molecule has 4 nitrogen and oxygen atoms in total. The number of nitrogens with zero attached hydrogens (tertiary/aromatic N) is 4. The molecular formula is C27H21F3N4. The number of fused-ring (bicyclic) bond motifs is 1. The molecule has 0 radical (unpaired) electrons. The fraction of sp³-hybridized carbons (Fsp3) is 0.111. The van der Waals surface area contributed by atoms with Crippen LogP contribution in [0.2, 0.25) is 0 Å². The van der Waals surface area contributed by atoms with E-state index < -0.39 is 11.7 Å². The third kappa shape index (κ3) is 4.12. The molecule has 0 N–H and O–H groups in total. The predicted molar refractivity (Wildman–Crippen MR) is 128 cm³/mol. The Balaban J connectivity index is 1.71. The van der Waals surface area contributed by atoms with Crippen molar-refractivity contribution < 1.29 is 13.2 Å². The average Bonchev–Trinajstić information content (AvgIpc) is 3.25. The molecule has 0 saturated carbocycles. The van der Waals surface area contributed by atoms with Gasteiger partial charge < -0.3 is 9.47 Å². The molecule has 0 aliphatic rings. The minimum absolute atomic E-state index is 0.386. The van der Waals surface area contributed by atoms with E-state index in [1.807, 2.05) is 78.8 Å². The maximum absolute atomic E-state index is 13.4. The SMILES string of the molecule is CN(Cc1ccccc1)c1ncnc2c1c(-c1ccccc1)cn2-c1cccc(C(F)(F)F)c1. The second-order valence-electron chi connectivity index (χ2n) is 8.06. The normalized spacial score (nSPS) is 11.6. The largest absolute Gasteiger partial charge is 0.416 e. The van der Waals surface area contributed by atoms with Crippen LogP contribution in [0.15, 0.2) is 97.5 Å². The van der Waals surface area contributed by atoms with Crippen molar-refractivity contribution in [2.24, 2.45) is 0 Å². The Bertz CT molecular complexity index is 1430. The molecular weight excluding hydrogens is 437 g/mol. The van der Waals surface area contributed by atoms with Gasteiger partial charge in [0.2, 0.25) is 0 Å². The Morgan fingerprint density at radius 2 is 1.56 bits per heavy atom. The van der Waals surface area contributed by atoms with E-state index in [1.54, 1.807) is 10.6 Å². The quantitative estimate of drug-likeness (QED) is 0.292. The van der Waals surface area contributed by atoms with Crippen molar-refractivity contribution >= 4 is 16.9 Å². The minimum Gasteiger partial charge on any atom is -0.355 e. The van der Waals surface area contributed by atoms with Gasteiger partial charge in [-0.15, -0.1) is 0 Å². The molecule has 0 bridgehead atoms. The van der Waals surface area contributed by atoms with E-state index in [0.29, 0.717) is 23.7 Å². The zero-order valence-corrected chi connectivity index (χ0v) is 18.4. The summed E-state index contributed by atoms with van der Waals surface area (Å²) in [4.78, 5) is 11.1. The number of rotatable bonds is 5. The fourth-order valence-electron chi connectivity index (χ4n) is 4.13. The lowest BCUT2D eigenvalue weighted by molar-refractivity contribution is -0.137. The van der Waals surface area contributed by atoms with E-state index in [1.165, 1.54) is 12.4 Å². The summed E-state index contributed by atoms with van der Waals surface area (Å²) in [5.41, 5.74) is 3.13. The van der Waals surface area contributed by atoms with Crippen LogP contribution < -0.4 is 4.90 Å². The van der Waals surface area contributed by atoms with E-state index >= 15 is 0 Å². The zero-order valence-electron chi connectivity index (χ0n) is 18.4. The molecule has 5 rings (SSSR count). The Hall–Kier alpha value is -4.13. The predicted octanol–water partition coefficient (Wildman–Crippen LogP) is 6.74. The second-order valence-corrected chi connectivity index (χ2v) is 8.06. The molecule has 0 atom stereocenters. The van der Waals surface area contributed by atoms with Gasteiger partial charge >= 0.3 is 6.18 Å². The van der Waals surface area contributed by atoms with Crippen molar-refractivity contribution in [1.29, 1.82) is 0 Å². The van der Waals surface area contributed by atoms with Crippen molar-refractivity contribution in [1.82, 2.24) is 14.5 Å². The number of halogens is 3. The van der Waals surface area contributed by atoms with E-state index in [-0.39, 0.29) is 0 Å². The number of anilines is 1. The van der Waals surface area contributed by atoms with Crippen LogP contribution in [0.3, 0.4) is 0 Å². The number of hydrogen-bond donors (Lipinski definition) is 0. The van der Waals surface area contributed by atoms with Gasteiger partial charge in [0.1, 0.15) is 12.1 Å². The van der Waals surface area contributed by atoms with Crippen LogP contribution in [0.4, 0.5) is 19.0 Å². The number of alkyl halides is 3. The van der Waals surface area contributed by atoms with Gasteiger partial charge in [-0.3, -0.25) is 0 Å². The highest BCUT2D eigenvalue weighted by atomic mass is 19.4. The van der Waals surface area contributed by atoms with Gasteiger partial charge in [0.05, 0.1) is 10.9 Å². The van der Waals surface area contributed by atoms with Crippen LogP contribution in [0, 0.1) is 0 Å². The zero-order chi connectivity index (χ0) is 23.7. The highest BCUT2D eigenvalue weighted by Gasteiger charge is 2.31. The van der Waals surface area contributed by atoms with E-state index in [9.17, 15) is 13.2 Å². The smallest absolute Gasteiger partial charge is 0.355 e. The first kappa shape index (κ1) is 21.7. The second kappa shape index (κ2) is 8.67. The van der Waals surface area contributed by atoms with E-state index in [0.717, 1.165) is 34.2 Å². The number of hydrogen-bond acceptors (Lipinski definition) is 3. The van der Waals surface area contributed by atoms with Crippen LogP contribution in [0.5, 0.6) is 0 Å². The molecule has 5 aromatic rings. The summed E-state index contributed by atoms with van der Waals surface area (Å²) in [5.74, 6) is 0.707. The molecule has 0 aliphatic carbocycles. The van der Waals surface area contributed by atoms with Crippen LogP contribution in [0.25, 0.3) is 27.8 Å². The molecule has 2 aromatic heterocycles. The summed E-state index contributed by atoms with van der Waals surface area (Å²) in [6.07, 6.45) is -1.14. The topological polar surface area (TPSA) is 34.0 Å². The molecule has 2 heterocycles. The van der Waals surface area contributed by atoms with Crippen LogP contribution in [-0.4, -0.2) is 21.6 Å². The molecule has 0 unspecified atom stereocenters. The molecule has 3 aromatic carbocycles. The molecule has 7 heteroatoms. The highest BCUT2D eigenvalue weighted by molar-refractivity contribution is 6.02. The maximum Gasteiger partial charge on any atom is 0.416 e. The molecule has 0 spiro atoms. The average molecular weight is 458 g/mol. The lowest BCUT2D eigenvalue weighted by atomic mass is 10.1. The van der Waals surface area contributed by atoms with Gasteiger partial charge in [-0.2, -0.15) is 13.2 Å². The maximum atomic E-state index is 13.4. The van der Waals surface area contributed by atoms with Crippen LogP contribution in [-0.2, 0) is 12.7 Å². The molecule has 34 heavy (non-hydrogen) atoms. The summed E-state index contributed by atoms with van der Waals surface area (Å²) < 4.78 is 41.9. The van der Waals surface area contributed by atoms with Crippen molar-refractivity contribution in [2.45, 2.75) is 12.7 Å². The van der Waals surface area contributed by atoms with Crippen LogP contribution >= 0.6 is 0 Å². The Kier molecular flexibility index (Phi) is 5.53. The Morgan fingerprint density at radius 1 is 0.853 bits per heavy atom. The standard InChI is InChI=1S/C27H21F3N4/c1-33(16-19-9-4-2-5-10-19)25-24-23(20-11-6-3-7-12-20)17-34(26(24)32-18-31-25)22-14-8-13-21(15-22)27(28,29)30/h2-15,17-18H,16H2,1H3. The van der Waals surface area contributed by atoms with Gasteiger partial charge in [-0.25, -0.2) is 9.97 Å². The van der Waals surface area contributed by atoms with Crippen molar-refractivity contribution in [2.75, 3.05) is 11.9 Å². The van der Waals surface area contributed by atoms with Crippen molar-refractivity contribution in [3.8, 4) is 16.8 Å². The first-order chi connectivity index (χ1) is 16.4. The summed E-state index contributed by atoms with van der Waals surface area (Å²) in [5, 5.41) is 0.782. The van der Waals surface area contributed by atoms with Gasteiger partial charge in [0, 0.05) is 31.0 Å². The number of aromatic nitrogens is 3. The van der Waals surface area contributed by atoms with Gasteiger partial charge in [0.25, 0.3) is 0 Å². The summed E-state index contributed by atoms with van der Waals surface area (Å²) in [6.45, 7) is 0.621. The molecule has 0 amide bonds. The summed E-state index contributed by atoms with van der Waals surface area (Å²) >= 11 is 0. The first-order valence-corrected chi connectivity index (χ1v) is 10.8. The summed E-state index contributed by atoms with van der Waals surface area (Å²) in [6, 6.07) is 25.0. The van der Waals surface area contributed by atoms with Crippen LogP contribution in [0.1, 0.15) is 11.1 Å². The monoisotopic (exact) mass is 458 g/mol. The lowest BCUT2D eigenvalue weighted by Crippen LogP contribution is -2.18. The Labute approximate surface area is 194 Å². The van der Waals surface area contributed by atoms with Gasteiger partial charge in [-0.05, 0) is 29.3 Å². The van der Waals surface area contributed by atoms with E-state index in [4.69, 9.17) is 0 Å². The molecule has 170 valence electrons. The van der Waals surface area contributed by atoms with Gasteiger partial charge in [0.15, 0.2) is 5.65 Å². The van der Waals surface area contributed by atoms with Crippen molar-refractivity contribution in [3.63, 3.8) is 0 Å². The third-order valence-electron chi connectivity index (χ3n) is 5.72. The molecule has 0 saturated heterocycles. The summed E-state index contributed by atoms with van der Waals surface area (Å²) in [7, 11) is 1.95. The van der Waals surface area contributed by atoms with Gasteiger partial charge in [-0.1, -0.05) is 66.7 Å². The first-order valence-electron chi connectivity index (χ1n) is 10.8. The fourth-order valence-corrected chi connectivity index (χ4v) is 4.13.